The fourth-order valence-electron chi connectivity index (χ4n) is 3.79. The lowest BCUT2D eigenvalue weighted by molar-refractivity contribution is -0.385. The number of ether oxygens (including phenoxy) is 1. The predicted molar refractivity (Wildman–Crippen MR) is 121 cm³/mol. The van der Waals surface area contributed by atoms with Gasteiger partial charge in [0, 0.05) is 39.9 Å². The molecule has 0 saturated heterocycles. The van der Waals surface area contributed by atoms with Crippen molar-refractivity contribution in [2.24, 2.45) is 4.99 Å². The Bertz CT molecular complexity index is 1420. The molecule has 0 bridgehead atoms. The minimum Gasteiger partial charge on any atom is -0.402 e. The quantitative estimate of drug-likeness (QED) is 0.197. The molecule has 0 atom stereocenters. The highest BCUT2D eigenvalue weighted by molar-refractivity contribution is 6.13. The highest BCUT2D eigenvalue weighted by atomic mass is 16.6. The molecular formula is C25H17N3O4. The normalized spacial score (nSPS) is 14.6. The number of para-hydroxylation sites is 2. The van der Waals surface area contributed by atoms with E-state index in [1.807, 2.05) is 65.4 Å². The van der Waals surface area contributed by atoms with Gasteiger partial charge in [-0.25, -0.2) is 9.79 Å². The van der Waals surface area contributed by atoms with E-state index in [1.54, 1.807) is 24.3 Å². The molecule has 0 N–H and O–H groups in total. The minimum absolute atomic E-state index is 0.0710. The van der Waals surface area contributed by atoms with Crippen LogP contribution in [0.5, 0.6) is 0 Å². The number of nitrogens with zero attached hydrogens (tertiary/aromatic N) is 3. The molecule has 0 unspecified atom stereocenters. The number of benzene rings is 3. The van der Waals surface area contributed by atoms with Crippen LogP contribution in [0.15, 0.2) is 95.7 Å². The van der Waals surface area contributed by atoms with Crippen molar-refractivity contribution in [1.29, 1.82) is 0 Å². The van der Waals surface area contributed by atoms with Gasteiger partial charge in [0.05, 0.1) is 11.5 Å². The second-order valence-corrected chi connectivity index (χ2v) is 7.32. The third-order valence-corrected chi connectivity index (χ3v) is 5.28. The molecule has 0 saturated carbocycles. The molecule has 7 nitrogen and oxygen atoms in total. The number of rotatable bonds is 5. The fraction of sp³-hybridized carbons (Fsp3) is 0.0400. The molecule has 1 aliphatic heterocycles. The van der Waals surface area contributed by atoms with Gasteiger partial charge in [-0.3, -0.25) is 10.1 Å². The summed E-state index contributed by atoms with van der Waals surface area (Å²) in [5, 5.41) is 12.3. The van der Waals surface area contributed by atoms with Crippen molar-refractivity contribution in [1.82, 2.24) is 4.57 Å². The molecule has 4 aromatic rings. The lowest BCUT2D eigenvalue weighted by Crippen LogP contribution is -2.04. The molecule has 0 amide bonds. The number of cyclic esters (lactones) is 1. The van der Waals surface area contributed by atoms with E-state index in [2.05, 4.69) is 4.99 Å². The van der Waals surface area contributed by atoms with E-state index in [0.29, 0.717) is 12.1 Å². The summed E-state index contributed by atoms with van der Waals surface area (Å²) in [4.78, 5) is 27.8. The molecule has 0 spiro atoms. The number of nitro benzene ring substituents is 1. The Kier molecular flexibility index (Phi) is 4.84. The monoisotopic (exact) mass is 423 g/mol. The van der Waals surface area contributed by atoms with E-state index in [9.17, 15) is 14.9 Å². The Morgan fingerprint density at radius 1 is 0.969 bits per heavy atom. The van der Waals surface area contributed by atoms with Crippen molar-refractivity contribution in [3.8, 4) is 0 Å². The summed E-state index contributed by atoms with van der Waals surface area (Å²) in [6, 6.07) is 23.6. The zero-order valence-electron chi connectivity index (χ0n) is 16.8. The van der Waals surface area contributed by atoms with Crippen molar-refractivity contribution in [2.75, 3.05) is 0 Å². The number of esters is 1. The standard InChI is InChI=1S/C25H17N3O4/c29-25-21(26-24(32-25)17-8-2-1-3-9-17)14-19-16-27(23-13-7-5-11-20(19)23)15-18-10-4-6-12-22(18)28(30)31/h1-14,16H,15H2/b21-14-. The van der Waals surface area contributed by atoms with Crippen molar-refractivity contribution >= 4 is 34.5 Å². The van der Waals surface area contributed by atoms with E-state index >= 15 is 0 Å². The van der Waals surface area contributed by atoms with E-state index in [0.717, 1.165) is 22.0 Å². The summed E-state index contributed by atoms with van der Waals surface area (Å²) in [5.41, 5.74) is 3.28. The van der Waals surface area contributed by atoms with Crippen molar-refractivity contribution < 1.29 is 14.5 Å². The number of hydrogen-bond donors (Lipinski definition) is 0. The summed E-state index contributed by atoms with van der Waals surface area (Å²) in [7, 11) is 0. The molecule has 3 aromatic carbocycles. The number of nitro groups is 1. The van der Waals surface area contributed by atoms with Crippen LogP contribution in [0.25, 0.3) is 17.0 Å². The van der Waals surface area contributed by atoms with Crippen LogP contribution in [0.1, 0.15) is 16.7 Å². The van der Waals surface area contributed by atoms with E-state index in [1.165, 1.54) is 6.07 Å². The van der Waals surface area contributed by atoms with Crippen LogP contribution in [0.3, 0.4) is 0 Å². The van der Waals surface area contributed by atoms with E-state index in [-0.39, 0.29) is 22.2 Å². The van der Waals surface area contributed by atoms with Gasteiger partial charge in [-0.1, -0.05) is 54.6 Å². The number of carbonyl (C=O) groups is 1. The predicted octanol–water partition coefficient (Wildman–Crippen LogP) is 4.94. The lowest BCUT2D eigenvalue weighted by atomic mass is 10.1. The molecule has 0 fully saturated rings. The van der Waals surface area contributed by atoms with Gasteiger partial charge >= 0.3 is 5.97 Å². The van der Waals surface area contributed by atoms with E-state index in [4.69, 9.17) is 4.74 Å². The first-order valence-electron chi connectivity index (χ1n) is 9.98. The average Bonchev–Trinajstić information content (AvgIpc) is 3.35. The second-order valence-electron chi connectivity index (χ2n) is 7.32. The molecule has 7 heteroatoms. The Balaban J connectivity index is 1.56. The molecule has 1 aromatic heterocycles. The van der Waals surface area contributed by atoms with Crippen LogP contribution >= 0.6 is 0 Å². The zero-order chi connectivity index (χ0) is 22.1. The number of hydrogen-bond acceptors (Lipinski definition) is 5. The summed E-state index contributed by atoms with van der Waals surface area (Å²) in [5.74, 6) is -0.245. The Morgan fingerprint density at radius 2 is 1.69 bits per heavy atom. The summed E-state index contributed by atoms with van der Waals surface area (Å²) in [6.45, 7) is 0.323. The lowest BCUT2D eigenvalue weighted by Gasteiger charge is -2.06. The first-order chi connectivity index (χ1) is 15.6. The van der Waals surface area contributed by atoms with Gasteiger partial charge in [-0.2, -0.15) is 0 Å². The Hall–Kier alpha value is -4.52. The maximum Gasteiger partial charge on any atom is 0.363 e. The number of carbonyl (C=O) groups excluding carboxylic acids is 1. The first kappa shape index (κ1) is 19.4. The van der Waals surface area contributed by atoms with Crippen molar-refractivity contribution in [2.45, 2.75) is 6.54 Å². The largest absolute Gasteiger partial charge is 0.402 e. The number of fused-ring (bicyclic) bond motifs is 1. The molecule has 156 valence electrons. The molecular weight excluding hydrogens is 406 g/mol. The van der Waals surface area contributed by atoms with E-state index < -0.39 is 5.97 Å². The third kappa shape index (κ3) is 3.56. The van der Waals surface area contributed by atoms with Crippen LogP contribution in [-0.2, 0) is 16.1 Å². The SMILES string of the molecule is O=C1OC(c2ccccc2)=N/C1=C\c1cn(Cc2ccccc2[N+](=O)[O-])c2ccccc12. The van der Waals surface area contributed by atoms with Gasteiger partial charge in [0.25, 0.3) is 5.69 Å². The molecule has 1 aliphatic rings. The molecule has 2 heterocycles. The summed E-state index contributed by atoms with van der Waals surface area (Å²) in [6.07, 6.45) is 3.56. The van der Waals surface area contributed by atoms with Crippen LogP contribution in [0.2, 0.25) is 0 Å². The van der Waals surface area contributed by atoms with Crippen LogP contribution in [0, 0.1) is 10.1 Å². The van der Waals surface area contributed by atoms with Crippen LogP contribution in [0.4, 0.5) is 5.69 Å². The second kappa shape index (κ2) is 7.96. The summed E-state index contributed by atoms with van der Waals surface area (Å²) >= 11 is 0. The smallest absolute Gasteiger partial charge is 0.363 e. The Labute approximate surface area is 183 Å². The average molecular weight is 423 g/mol. The van der Waals surface area contributed by atoms with Gasteiger partial charge in [0.15, 0.2) is 5.70 Å². The molecule has 5 rings (SSSR count). The third-order valence-electron chi connectivity index (χ3n) is 5.28. The van der Waals surface area contributed by atoms with Crippen molar-refractivity contribution in [3.05, 3.63) is 118 Å². The number of aromatic nitrogens is 1. The number of aliphatic imine (C=N–C) groups is 1. The van der Waals surface area contributed by atoms with Crippen LogP contribution in [-0.4, -0.2) is 21.4 Å². The first-order valence-corrected chi connectivity index (χ1v) is 9.98. The highest BCUT2D eigenvalue weighted by Gasteiger charge is 2.24. The maximum absolute atomic E-state index is 12.4. The van der Waals surface area contributed by atoms with Crippen molar-refractivity contribution in [3.63, 3.8) is 0 Å². The maximum atomic E-state index is 12.4. The molecule has 32 heavy (non-hydrogen) atoms. The fourth-order valence-corrected chi connectivity index (χ4v) is 3.79. The zero-order valence-corrected chi connectivity index (χ0v) is 16.8. The van der Waals surface area contributed by atoms with Gasteiger partial charge < -0.3 is 9.30 Å². The van der Waals surface area contributed by atoms with Crippen LogP contribution < -0.4 is 0 Å². The molecule has 0 aliphatic carbocycles. The highest BCUT2D eigenvalue weighted by Crippen LogP contribution is 2.28. The van der Waals surface area contributed by atoms with Gasteiger partial charge in [-0.05, 0) is 24.3 Å². The Morgan fingerprint density at radius 3 is 2.50 bits per heavy atom. The van der Waals surface area contributed by atoms with Gasteiger partial charge in [0.1, 0.15) is 0 Å². The van der Waals surface area contributed by atoms with Gasteiger partial charge in [-0.15, -0.1) is 0 Å². The minimum atomic E-state index is -0.514. The summed E-state index contributed by atoms with van der Waals surface area (Å²) < 4.78 is 7.29. The molecule has 0 radical (unpaired) electrons. The van der Waals surface area contributed by atoms with Gasteiger partial charge in [0.2, 0.25) is 5.90 Å². The topological polar surface area (TPSA) is 86.7 Å².